The predicted octanol–water partition coefficient (Wildman–Crippen LogP) is 3.24. The largest absolute Gasteiger partial charge is 0.497 e. The van der Waals surface area contributed by atoms with Crippen LogP contribution in [0.2, 0.25) is 5.02 Å². The number of rotatable bonds is 6. The molecule has 142 valence electrons. The van der Waals surface area contributed by atoms with Crippen LogP contribution in [0.25, 0.3) is 0 Å². The molecule has 1 N–H and O–H groups in total. The second-order valence-electron chi connectivity index (χ2n) is 5.95. The van der Waals surface area contributed by atoms with E-state index < -0.39 is 0 Å². The molecule has 0 saturated carbocycles. The Hall–Kier alpha value is -2.93. The van der Waals surface area contributed by atoms with Gasteiger partial charge in [-0.2, -0.15) is 0 Å². The summed E-state index contributed by atoms with van der Waals surface area (Å²) >= 11 is 5.89. The van der Waals surface area contributed by atoms with E-state index in [-0.39, 0.29) is 18.5 Å². The average Bonchev–Trinajstić information content (AvgIpc) is 3.02. The number of ether oxygens (including phenoxy) is 2. The van der Waals surface area contributed by atoms with Crippen molar-refractivity contribution in [1.29, 1.82) is 0 Å². The molecule has 2 aromatic carbocycles. The van der Waals surface area contributed by atoms with E-state index in [0.717, 1.165) is 5.69 Å². The van der Waals surface area contributed by atoms with Crippen molar-refractivity contribution in [2.75, 3.05) is 44.1 Å². The summed E-state index contributed by atoms with van der Waals surface area (Å²) in [6.45, 7) is 0.920. The summed E-state index contributed by atoms with van der Waals surface area (Å²) in [5, 5.41) is 3.38. The van der Waals surface area contributed by atoms with Gasteiger partial charge in [0, 0.05) is 29.9 Å². The van der Waals surface area contributed by atoms with Crippen LogP contribution in [0, 0.1) is 0 Å². The van der Waals surface area contributed by atoms with Crippen molar-refractivity contribution in [3.63, 3.8) is 0 Å². The molecule has 3 rings (SSSR count). The summed E-state index contributed by atoms with van der Waals surface area (Å²) in [5.41, 5.74) is 1.24. The second-order valence-corrected chi connectivity index (χ2v) is 6.38. The van der Waals surface area contributed by atoms with E-state index in [9.17, 15) is 9.59 Å². The molecule has 27 heavy (non-hydrogen) atoms. The molecule has 3 amide bonds. The molecule has 2 aromatic rings. The number of hydrogen-bond acceptors (Lipinski definition) is 4. The maximum Gasteiger partial charge on any atom is 0.325 e. The lowest BCUT2D eigenvalue weighted by molar-refractivity contribution is -0.116. The van der Waals surface area contributed by atoms with Crippen LogP contribution in [0.3, 0.4) is 0 Å². The van der Waals surface area contributed by atoms with Crippen molar-refractivity contribution in [1.82, 2.24) is 4.90 Å². The number of urea groups is 1. The van der Waals surface area contributed by atoms with Gasteiger partial charge >= 0.3 is 6.03 Å². The van der Waals surface area contributed by atoms with Crippen LogP contribution in [-0.4, -0.2) is 50.7 Å². The zero-order chi connectivity index (χ0) is 19.4. The number of nitrogens with zero attached hydrogens (tertiary/aromatic N) is 2. The van der Waals surface area contributed by atoms with Gasteiger partial charge in [-0.05, 0) is 36.4 Å². The first kappa shape index (κ1) is 18.8. The SMILES string of the molecule is COc1ccc(OC)c(NC(=O)CN2CCN(c3ccc(Cl)cc3)C2=O)c1. The third kappa shape index (κ3) is 4.25. The minimum atomic E-state index is -0.312. The van der Waals surface area contributed by atoms with E-state index >= 15 is 0 Å². The van der Waals surface area contributed by atoms with Gasteiger partial charge in [0.05, 0.1) is 19.9 Å². The van der Waals surface area contributed by atoms with Crippen molar-refractivity contribution in [3.8, 4) is 11.5 Å². The Morgan fingerprint density at radius 2 is 1.85 bits per heavy atom. The van der Waals surface area contributed by atoms with Crippen molar-refractivity contribution in [2.24, 2.45) is 0 Å². The third-order valence-electron chi connectivity index (χ3n) is 4.25. The van der Waals surface area contributed by atoms with Gasteiger partial charge in [-0.1, -0.05) is 11.6 Å². The molecular formula is C19H20ClN3O4. The van der Waals surface area contributed by atoms with Gasteiger partial charge in [-0.15, -0.1) is 0 Å². The summed E-state index contributed by atoms with van der Waals surface area (Å²) < 4.78 is 10.4. The highest BCUT2D eigenvalue weighted by molar-refractivity contribution is 6.30. The Morgan fingerprint density at radius 3 is 2.52 bits per heavy atom. The van der Waals surface area contributed by atoms with Crippen LogP contribution in [0.4, 0.5) is 16.2 Å². The van der Waals surface area contributed by atoms with Crippen molar-refractivity contribution in [2.45, 2.75) is 0 Å². The first-order valence-corrected chi connectivity index (χ1v) is 8.73. The van der Waals surface area contributed by atoms with E-state index in [4.69, 9.17) is 21.1 Å². The number of methoxy groups -OCH3 is 2. The summed E-state index contributed by atoms with van der Waals surface area (Å²) in [5.74, 6) is 0.796. The zero-order valence-corrected chi connectivity index (χ0v) is 15.8. The van der Waals surface area contributed by atoms with Gasteiger partial charge in [0.15, 0.2) is 0 Å². The number of benzene rings is 2. The van der Waals surface area contributed by atoms with E-state index in [1.807, 2.05) is 0 Å². The quantitative estimate of drug-likeness (QED) is 0.823. The van der Waals surface area contributed by atoms with Crippen LogP contribution in [0.1, 0.15) is 0 Å². The first-order valence-electron chi connectivity index (χ1n) is 8.35. The van der Waals surface area contributed by atoms with Crippen LogP contribution in [-0.2, 0) is 4.79 Å². The van der Waals surface area contributed by atoms with E-state index in [1.54, 1.807) is 54.5 Å². The Kier molecular flexibility index (Phi) is 5.71. The Balaban J connectivity index is 1.65. The van der Waals surface area contributed by atoms with Crippen LogP contribution >= 0.6 is 11.6 Å². The summed E-state index contributed by atoms with van der Waals surface area (Å²) in [7, 11) is 3.06. The Bertz CT molecular complexity index is 841. The highest BCUT2D eigenvalue weighted by atomic mass is 35.5. The molecule has 7 nitrogen and oxygen atoms in total. The first-order chi connectivity index (χ1) is 13.0. The Labute approximate surface area is 162 Å². The topological polar surface area (TPSA) is 71.1 Å². The van der Waals surface area contributed by atoms with Gasteiger partial charge in [0.25, 0.3) is 0 Å². The standard InChI is InChI=1S/C19H20ClN3O4/c1-26-15-7-8-17(27-2)16(11-15)21-18(24)12-22-9-10-23(19(22)25)14-5-3-13(20)4-6-14/h3-8,11H,9-10,12H2,1-2H3,(H,21,24). The fourth-order valence-corrected chi connectivity index (χ4v) is 2.99. The second kappa shape index (κ2) is 8.18. The number of hydrogen-bond donors (Lipinski definition) is 1. The predicted molar refractivity (Wildman–Crippen MR) is 104 cm³/mol. The molecule has 1 fully saturated rings. The monoisotopic (exact) mass is 389 g/mol. The number of anilines is 2. The third-order valence-corrected chi connectivity index (χ3v) is 4.50. The normalized spacial score (nSPS) is 13.7. The average molecular weight is 390 g/mol. The molecule has 0 atom stereocenters. The summed E-state index contributed by atoms with van der Waals surface area (Å²) in [6, 6.07) is 11.9. The molecule has 1 heterocycles. The molecule has 0 radical (unpaired) electrons. The number of carbonyl (C=O) groups is 2. The van der Waals surface area contributed by atoms with Crippen LogP contribution < -0.4 is 19.7 Å². The van der Waals surface area contributed by atoms with Gasteiger partial charge in [-0.3, -0.25) is 9.69 Å². The minimum Gasteiger partial charge on any atom is -0.497 e. The molecule has 0 unspecified atom stereocenters. The van der Waals surface area contributed by atoms with E-state index in [1.165, 1.54) is 12.0 Å². The van der Waals surface area contributed by atoms with Gasteiger partial charge < -0.3 is 19.7 Å². The number of halogens is 1. The maximum atomic E-state index is 12.6. The Morgan fingerprint density at radius 1 is 1.11 bits per heavy atom. The lowest BCUT2D eigenvalue weighted by Gasteiger charge is -2.19. The lowest BCUT2D eigenvalue weighted by atomic mass is 10.2. The van der Waals surface area contributed by atoms with Crippen molar-refractivity contribution in [3.05, 3.63) is 47.5 Å². The highest BCUT2D eigenvalue weighted by Crippen LogP contribution is 2.29. The van der Waals surface area contributed by atoms with Crippen molar-refractivity contribution < 1.29 is 19.1 Å². The summed E-state index contributed by atoms with van der Waals surface area (Å²) in [4.78, 5) is 28.1. The minimum absolute atomic E-state index is 0.0523. The van der Waals surface area contributed by atoms with Gasteiger partial charge in [0.1, 0.15) is 18.0 Å². The molecule has 1 aliphatic heterocycles. The highest BCUT2D eigenvalue weighted by Gasteiger charge is 2.30. The molecule has 1 aliphatic rings. The molecule has 1 saturated heterocycles. The number of carbonyl (C=O) groups excluding carboxylic acids is 2. The van der Waals surface area contributed by atoms with Crippen molar-refractivity contribution >= 4 is 34.9 Å². The molecular weight excluding hydrogens is 370 g/mol. The van der Waals surface area contributed by atoms with E-state index in [0.29, 0.717) is 35.3 Å². The molecule has 0 spiro atoms. The summed E-state index contributed by atoms with van der Waals surface area (Å²) in [6.07, 6.45) is 0. The number of amides is 3. The molecule has 0 aliphatic carbocycles. The van der Waals surface area contributed by atoms with Gasteiger partial charge in [-0.25, -0.2) is 4.79 Å². The fraction of sp³-hybridized carbons (Fsp3) is 0.263. The molecule has 0 aromatic heterocycles. The fourth-order valence-electron chi connectivity index (χ4n) is 2.86. The van der Waals surface area contributed by atoms with Crippen LogP contribution in [0.15, 0.2) is 42.5 Å². The lowest BCUT2D eigenvalue weighted by Crippen LogP contribution is -2.37. The smallest absolute Gasteiger partial charge is 0.325 e. The maximum absolute atomic E-state index is 12.6. The van der Waals surface area contributed by atoms with Gasteiger partial charge in [0.2, 0.25) is 5.91 Å². The van der Waals surface area contributed by atoms with Crippen LogP contribution in [0.5, 0.6) is 11.5 Å². The zero-order valence-electron chi connectivity index (χ0n) is 15.1. The van der Waals surface area contributed by atoms with E-state index in [2.05, 4.69) is 5.32 Å². The molecule has 8 heteroatoms. The number of nitrogens with one attached hydrogen (secondary N) is 1. The molecule has 0 bridgehead atoms.